The topological polar surface area (TPSA) is 58.2 Å². The minimum atomic E-state index is -4.58. The molecule has 1 aromatic carbocycles. The second-order valence-electron chi connectivity index (χ2n) is 4.29. The van der Waals surface area contributed by atoms with E-state index in [-0.39, 0.29) is 10.9 Å². The van der Waals surface area contributed by atoms with Gasteiger partial charge < -0.3 is 5.32 Å². The number of hydrogen-bond acceptors (Lipinski definition) is 3. The smallest absolute Gasteiger partial charge is 0.310 e. The highest BCUT2D eigenvalue weighted by molar-refractivity contribution is 7.89. The highest BCUT2D eigenvalue weighted by atomic mass is 32.2. The molecule has 0 saturated carbocycles. The molecule has 0 radical (unpaired) electrons. The fourth-order valence-electron chi connectivity index (χ4n) is 1.62. The first-order valence-electron chi connectivity index (χ1n) is 6.05. The van der Waals surface area contributed by atoms with Crippen LogP contribution < -0.4 is 10.0 Å². The van der Waals surface area contributed by atoms with E-state index < -0.39 is 22.7 Å². The van der Waals surface area contributed by atoms with Crippen LogP contribution in [0.1, 0.15) is 25.5 Å². The van der Waals surface area contributed by atoms with E-state index in [9.17, 15) is 21.6 Å². The second-order valence-corrected chi connectivity index (χ2v) is 6.06. The number of alkyl halides is 3. The van der Waals surface area contributed by atoms with Crippen molar-refractivity contribution in [2.24, 2.45) is 0 Å². The first-order valence-corrected chi connectivity index (χ1v) is 7.54. The Hall–Kier alpha value is -1.12. The molecule has 0 spiro atoms. The second kappa shape index (κ2) is 6.55. The molecule has 0 aliphatic rings. The third-order valence-corrected chi connectivity index (χ3v) is 4.08. The Balaban J connectivity index is 2.82. The van der Waals surface area contributed by atoms with E-state index in [2.05, 4.69) is 5.32 Å². The van der Waals surface area contributed by atoms with Crippen molar-refractivity contribution >= 4 is 10.0 Å². The molecular weight excluding hydrogens is 293 g/mol. The van der Waals surface area contributed by atoms with Crippen molar-refractivity contribution in [3.63, 3.8) is 0 Å². The predicted octanol–water partition coefficient (Wildman–Crippen LogP) is 2.20. The van der Waals surface area contributed by atoms with E-state index in [1.807, 2.05) is 13.8 Å². The maximum Gasteiger partial charge on any atom is 0.402 e. The molecule has 0 aliphatic carbocycles. The Labute approximate surface area is 116 Å². The van der Waals surface area contributed by atoms with Crippen molar-refractivity contribution in [2.45, 2.75) is 31.0 Å². The fraction of sp³-hybridized carbons (Fsp3) is 0.500. The van der Waals surface area contributed by atoms with E-state index >= 15 is 0 Å². The van der Waals surface area contributed by atoms with Crippen molar-refractivity contribution in [3.8, 4) is 0 Å². The van der Waals surface area contributed by atoms with Gasteiger partial charge in [-0.25, -0.2) is 13.1 Å². The number of benzene rings is 1. The van der Waals surface area contributed by atoms with Gasteiger partial charge in [-0.05, 0) is 31.2 Å². The van der Waals surface area contributed by atoms with E-state index in [4.69, 9.17) is 0 Å². The molecule has 0 aliphatic heterocycles. The van der Waals surface area contributed by atoms with Crippen LogP contribution in [0, 0.1) is 0 Å². The summed E-state index contributed by atoms with van der Waals surface area (Å²) in [5.74, 6) is 0. The van der Waals surface area contributed by atoms with Gasteiger partial charge in [0.15, 0.2) is 0 Å². The maximum atomic E-state index is 12.0. The molecule has 0 saturated heterocycles. The van der Waals surface area contributed by atoms with Gasteiger partial charge in [-0.2, -0.15) is 13.2 Å². The number of nitrogens with one attached hydrogen (secondary N) is 2. The van der Waals surface area contributed by atoms with Crippen molar-refractivity contribution in [3.05, 3.63) is 29.8 Å². The number of sulfonamides is 1. The molecule has 0 heterocycles. The summed E-state index contributed by atoms with van der Waals surface area (Å²) >= 11 is 0. The van der Waals surface area contributed by atoms with Crippen LogP contribution in [0.5, 0.6) is 0 Å². The molecule has 4 nitrogen and oxygen atoms in total. The normalized spacial score (nSPS) is 14.2. The highest BCUT2D eigenvalue weighted by Crippen LogP contribution is 2.18. The van der Waals surface area contributed by atoms with Gasteiger partial charge in [0.1, 0.15) is 6.54 Å². The first-order chi connectivity index (χ1) is 9.15. The van der Waals surface area contributed by atoms with Crippen LogP contribution in [0.25, 0.3) is 0 Å². The molecule has 1 atom stereocenters. The number of rotatable bonds is 6. The summed E-state index contributed by atoms with van der Waals surface area (Å²) in [4.78, 5) is -0.186. The van der Waals surface area contributed by atoms with Gasteiger partial charge in [0, 0.05) is 6.04 Å². The van der Waals surface area contributed by atoms with Crippen LogP contribution in [0.15, 0.2) is 29.2 Å². The molecule has 0 aromatic heterocycles. The zero-order valence-electron chi connectivity index (χ0n) is 11.2. The van der Waals surface area contributed by atoms with E-state index in [0.717, 1.165) is 12.1 Å². The maximum absolute atomic E-state index is 12.0. The van der Waals surface area contributed by atoms with Gasteiger partial charge >= 0.3 is 6.18 Å². The molecule has 0 amide bonds. The Bertz CT molecular complexity index is 527. The van der Waals surface area contributed by atoms with Crippen LogP contribution in [-0.2, 0) is 10.0 Å². The Morgan fingerprint density at radius 1 is 1.20 bits per heavy atom. The third-order valence-electron chi connectivity index (χ3n) is 2.66. The first kappa shape index (κ1) is 16.9. The Morgan fingerprint density at radius 3 is 2.20 bits per heavy atom. The van der Waals surface area contributed by atoms with Crippen LogP contribution in [0.4, 0.5) is 13.2 Å². The number of hydrogen-bond donors (Lipinski definition) is 2. The minimum Gasteiger partial charge on any atom is -0.310 e. The monoisotopic (exact) mass is 310 g/mol. The highest BCUT2D eigenvalue weighted by Gasteiger charge is 2.30. The zero-order valence-corrected chi connectivity index (χ0v) is 12.0. The molecule has 0 bridgehead atoms. The average molecular weight is 310 g/mol. The average Bonchev–Trinajstić information content (AvgIpc) is 2.36. The Kier molecular flexibility index (Phi) is 5.55. The fourth-order valence-corrected chi connectivity index (χ4v) is 2.63. The van der Waals surface area contributed by atoms with Gasteiger partial charge in [0.25, 0.3) is 0 Å². The van der Waals surface area contributed by atoms with Crippen molar-refractivity contribution < 1.29 is 21.6 Å². The molecule has 0 fully saturated rings. The SMILES string of the molecule is CCNC(C)c1ccc(S(=O)(=O)NCC(F)(F)F)cc1. The van der Waals surface area contributed by atoms with Gasteiger partial charge in [-0.15, -0.1) is 0 Å². The Morgan fingerprint density at radius 2 is 1.75 bits per heavy atom. The summed E-state index contributed by atoms with van der Waals surface area (Å²) < 4.78 is 60.9. The standard InChI is InChI=1S/C12H17F3N2O2S/c1-3-16-9(2)10-4-6-11(7-5-10)20(18,19)17-8-12(13,14)15/h4-7,9,16-17H,3,8H2,1-2H3. The summed E-state index contributed by atoms with van der Waals surface area (Å²) in [5, 5.41) is 3.15. The lowest BCUT2D eigenvalue weighted by Crippen LogP contribution is -2.33. The number of halogens is 3. The summed E-state index contributed by atoms with van der Waals surface area (Å²) in [6.07, 6.45) is -4.58. The summed E-state index contributed by atoms with van der Waals surface area (Å²) in [5.41, 5.74) is 0.863. The molecule has 1 unspecified atom stereocenters. The third kappa shape index (κ3) is 5.10. The summed E-state index contributed by atoms with van der Waals surface area (Å²) in [6.45, 7) is 3.03. The van der Waals surface area contributed by atoms with Gasteiger partial charge in [0.05, 0.1) is 4.90 Å². The molecule has 1 rings (SSSR count). The molecule has 1 aromatic rings. The van der Waals surface area contributed by atoms with Crippen molar-refractivity contribution in [1.29, 1.82) is 0 Å². The zero-order chi connectivity index (χ0) is 15.4. The lowest BCUT2D eigenvalue weighted by Gasteiger charge is -2.14. The molecule has 8 heteroatoms. The van der Waals surface area contributed by atoms with E-state index in [0.29, 0.717) is 0 Å². The molecule has 20 heavy (non-hydrogen) atoms. The predicted molar refractivity (Wildman–Crippen MR) is 69.8 cm³/mol. The summed E-state index contributed by atoms with van der Waals surface area (Å²) in [6, 6.07) is 5.79. The molecule has 2 N–H and O–H groups in total. The largest absolute Gasteiger partial charge is 0.402 e. The van der Waals surface area contributed by atoms with Crippen molar-refractivity contribution in [1.82, 2.24) is 10.0 Å². The van der Waals surface area contributed by atoms with E-state index in [1.54, 1.807) is 12.1 Å². The van der Waals surface area contributed by atoms with Crippen LogP contribution in [0.3, 0.4) is 0 Å². The van der Waals surface area contributed by atoms with Crippen LogP contribution in [0.2, 0.25) is 0 Å². The van der Waals surface area contributed by atoms with Crippen molar-refractivity contribution in [2.75, 3.05) is 13.1 Å². The van der Waals surface area contributed by atoms with Crippen LogP contribution >= 0.6 is 0 Å². The van der Waals surface area contributed by atoms with Gasteiger partial charge in [-0.3, -0.25) is 0 Å². The van der Waals surface area contributed by atoms with E-state index in [1.165, 1.54) is 16.9 Å². The quantitative estimate of drug-likeness (QED) is 0.847. The lowest BCUT2D eigenvalue weighted by molar-refractivity contribution is -0.121. The molecule has 114 valence electrons. The summed E-state index contributed by atoms with van der Waals surface area (Å²) in [7, 11) is -4.14. The van der Waals surface area contributed by atoms with Gasteiger partial charge in [-0.1, -0.05) is 19.1 Å². The minimum absolute atomic E-state index is 0.0416. The molecular formula is C12H17F3N2O2S. The lowest BCUT2D eigenvalue weighted by atomic mass is 10.1. The van der Waals surface area contributed by atoms with Crippen LogP contribution in [-0.4, -0.2) is 27.7 Å². The van der Waals surface area contributed by atoms with Gasteiger partial charge in [0.2, 0.25) is 10.0 Å².